The van der Waals surface area contributed by atoms with Gasteiger partial charge >= 0.3 is 0 Å². The molecule has 1 heterocycles. The molecule has 0 radical (unpaired) electrons. The summed E-state index contributed by atoms with van der Waals surface area (Å²) in [4.78, 5) is 12.1. The number of benzene rings is 1. The number of carbonyl (C=O) groups excluding carboxylic acids is 1. The lowest BCUT2D eigenvalue weighted by atomic mass is 9.99. The van der Waals surface area contributed by atoms with Crippen LogP contribution in [0.4, 0.5) is 5.69 Å². The Morgan fingerprint density at radius 1 is 1.47 bits per heavy atom. The molecule has 0 bridgehead atoms. The van der Waals surface area contributed by atoms with Crippen molar-refractivity contribution < 1.29 is 9.00 Å². The molecule has 0 saturated carbocycles. The van der Waals surface area contributed by atoms with E-state index in [0.29, 0.717) is 12.3 Å². The minimum atomic E-state index is -0.790. The Morgan fingerprint density at radius 2 is 2.32 bits per heavy atom. The average Bonchev–Trinajstić information content (AvgIpc) is 2.42. The third-order valence-electron chi connectivity index (χ3n) is 3.21. The van der Waals surface area contributed by atoms with Gasteiger partial charge in [-0.1, -0.05) is 12.1 Å². The number of para-hydroxylation sites is 1. The minimum absolute atomic E-state index is 0.0480. The van der Waals surface area contributed by atoms with Gasteiger partial charge in [0.05, 0.1) is 11.3 Å². The molecule has 0 aromatic heterocycles. The standard InChI is InChI=1S/C14H20N2O2S/c1-19(18)10-4-9-16-14(17)12-7-2-5-11-6-3-8-15-13(11)12/h2,5,7,15H,3-4,6,8-10H2,1H3,(H,16,17). The van der Waals surface area contributed by atoms with Crippen LogP contribution in [-0.4, -0.2) is 35.2 Å². The second kappa shape index (κ2) is 6.70. The third-order valence-corrected chi connectivity index (χ3v) is 4.08. The molecule has 0 aliphatic carbocycles. The smallest absolute Gasteiger partial charge is 0.253 e. The quantitative estimate of drug-likeness (QED) is 0.805. The summed E-state index contributed by atoms with van der Waals surface area (Å²) in [5.74, 6) is 0.582. The fourth-order valence-electron chi connectivity index (χ4n) is 2.27. The number of nitrogens with one attached hydrogen (secondary N) is 2. The van der Waals surface area contributed by atoms with Crippen LogP contribution in [0.15, 0.2) is 18.2 Å². The highest BCUT2D eigenvalue weighted by Crippen LogP contribution is 2.25. The third kappa shape index (κ3) is 3.80. The van der Waals surface area contributed by atoms with Crippen molar-refractivity contribution in [1.82, 2.24) is 5.32 Å². The van der Waals surface area contributed by atoms with Crippen LogP contribution in [-0.2, 0) is 17.2 Å². The summed E-state index contributed by atoms with van der Waals surface area (Å²) in [7, 11) is -0.790. The molecule has 1 aliphatic rings. The van der Waals surface area contributed by atoms with Crippen LogP contribution < -0.4 is 10.6 Å². The second-order valence-electron chi connectivity index (χ2n) is 4.76. The lowest BCUT2D eigenvalue weighted by Gasteiger charge is -2.20. The topological polar surface area (TPSA) is 58.2 Å². The largest absolute Gasteiger partial charge is 0.384 e. The van der Waals surface area contributed by atoms with E-state index in [1.165, 1.54) is 5.56 Å². The molecule has 0 saturated heterocycles. The highest BCUT2D eigenvalue weighted by molar-refractivity contribution is 7.84. The van der Waals surface area contributed by atoms with Crippen LogP contribution in [0.25, 0.3) is 0 Å². The zero-order valence-electron chi connectivity index (χ0n) is 11.2. The van der Waals surface area contributed by atoms with E-state index in [9.17, 15) is 9.00 Å². The molecule has 5 heteroatoms. The van der Waals surface area contributed by atoms with Crippen molar-refractivity contribution in [3.05, 3.63) is 29.3 Å². The van der Waals surface area contributed by atoms with Crippen molar-refractivity contribution in [3.63, 3.8) is 0 Å². The van der Waals surface area contributed by atoms with E-state index in [0.717, 1.165) is 37.1 Å². The molecular weight excluding hydrogens is 260 g/mol. The maximum atomic E-state index is 12.1. The maximum Gasteiger partial charge on any atom is 0.253 e. The molecular formula is C14H20N2O2S. The Morgan fingerprint density at radius 3 is 3.11 bits per heavy atom. The minimum Gasteiger partial charge on any atom is -0.384 e. The van der Waals surface area contributed by atoms with Crippen LogP contribution in [0.2, 0.25) is 0 Å². The van der Waals surface area contributed by atoms with Crippen LogP contribution in [0.1, 0.15) is 28.8 Å². The summed E-state index contributed by atoms with van der Waals surface area (Å²) < 4.78 is 10.9. The van der Waals surface area contributed by atoms with Crippen molar-refractivity contribution >= 4 is 22.4 Å². The molecule has 4 nitrogen and oxygen atoms in total. The van der Waals surface area contributed by atoms with Crippen LogP contribution >= 0.6 is 0 Å². The van der Waals surface area contributed by atoms with Crippen molar-refractivity contribution in [2.45, 2.75) is 19.3 Å². The number of hydrogen-bond donors (Lipinski definition) is 2. The van der Waals surface area contributed by atoms with Gasteiger partial charge in [0.1, 0.15) is 0 Å². The Bertz CT molecular complexity index is 488. The molecule has 104 valence electrons. The van der Waals surface area contributed by atoms with E-state index < -0.39 is 10.8 Å². The summed E-state index contributed by atoms with van der Waals surface area (Å²) in [6, 6.07) is 5.85. The Balaban J connectivity index is 1.97. The van der Waals surface area contributed by atoms with Gasteiger partial charge in [-0.25, -0.2) is 0 Å². The van der Waals surface area contributed by atoms with Gasteiger partial charge in [0, 0.05) is 35.9 Å². The number of aryl methyl sites for hydroxylation is 1. The predicted octanol–water partition coefficient (Wildman–Crippen LogP) is 1.54. The zero-order valence-corrected chi connectivity index (χ0v) is 12.0. The molecule has 1 unspecified atom stereocenters. The highest BCUT2D eigenvalue weighted by Gasteiger charge is 2.16. The zero-order chi connectivity index (χ0) is 13.7. The SMILES string of the molecule is CS(=O)CCCNC(=O)c1cccc2c1NCCC2. The van der Waals surface area contributed by atoms with Crippen molar-refractivity contribution in [3.8, 4) is 0 Å². The fourth-order valence-corrected chi connectivity index (χ4v) is 2.82. The summed E-state index contributed by atoms with van der Waals surface area (Å²) in [5.41, 5.74) is 2.91. The summed E-state index contributed by atoms with van der Waals surface area (Å²) >= 11 is 0. The molecule has 2 rings (SSSR count). The first-order chi connectivity index (χ1) is 9.18. The summed E-state index contributed by atoms with van der Waals surface area (Å²) in [5, 5.41) is 6.20. The molecule has 1 atom stereocenters. The summed E-state index contributed by atoms with van der Waals surface area (Å²) in [6.07, 6.45) is 4.56. The molecule has 1 aliphatic heterocycles. The molecule has 0 spiro atoms. The van der Waals surface area contributed by atoms with E-state index in [-0.39, 0.29) is 5.91 Å². The normalized spacial score (nSPS) is 15.2. The lowest BCUT2D eigenvalue weighted by Crippen LogP contribution is -2.27. The van der Waals surface area contributed by atoms with Gasteiger partial charge in [-0.05, 0) is 30.9 Å². The van der Waals surface area contributed by atoms with E-state index in [1.807, 2.05) is 12.1 Å². The molecule has 1 amide bonds. The van der Waals surface area contributed by atoms with Gasteiger partial charge in [0.15, 0.2) is 0 Å². The molecule has 1 aromatic carbocycles. The number of hydrogen-bond acceptors (Lipinski definition) is 3. The van der Waals surface area contributed by atoms with E-state index >= 15 is 0 Å². The van der Waals surface area contributed by atoms with Crippen molar-refractivity contribution in [2.75, 3.05) is 30.4 Å². The van der Waals surface area contributed by atoms with Gasteiger partial charge in [-0.2, -0.15) is 0 Å². The monoisotopic (exact) mass is 280 g/mol. The first-order valence-corrected chi connectivity index (χ1v) is 8.35. The van der Waals surface area contributed by atoms with Gasteiger partial charge in [0.25, 0.3) is 5.91 Å². The predicted molar refractivity (Wildman–Crippen MR) is 79.1 cm³/mol. The van der Waals surface area contributed by atoms with Gasteiger partial charge in [0.2, 0.25) is 0 Å². The Hall–Kier alpha value is -1.36. The summed E-state index contributed by atoms with van der Waals surface area (Å²) in [6.45, 7) is 1.49. The lowest BCUT2D eigenvalue weighted by molar-refractivity contribution is 0.0954. The van der Waals surface area contributed by atoms with Crippen molar-refractivity contribution in [2.24, 2.45) is 0 Å². The second-order valence-corrected chi connectivity index (χ2v) is 6.31. The fraction of sp³-hybridized carbons (Fsp3) is 0.500. The Labute approximate surface area is 116 Å². The van der Waals surface area contributed by atoms with Gasteiger partial charge in [-0.15, -0.1) is 0 Å². The average molecular weight is 280 g/mol. The number of anilines is 1. The van der Waals surface area contributed by atoms with Gasteiger partial charge < -0.3 is 10.6 Å². The Kier molecular flexibility index (Phi) is 4.96. The first kappa shape index (κ1) is 14.1. The van der Waals surface area contributed by atoms with Gasteiger partial charge in [-0.3, -0.25) is 9.00 Å². The highest BCUT2D eigenvalue weighted by atomic mass is 32.2. The number of fused-ring (bicyclic) bond motifs is 1. The van der Waals surface area contributed by atoms with Crippen LogP contribution in [0, 0.1) is 0 Å². The molecule has 2 N–H and O–H groups in total. The number of amides is 1. The van der Waals surface area contributed by atoms with E-state index in [2.05, 4.69) is 16.7 Å². The van der Waals surface area contributed by atoms with E-state index in [1.54, 1.807) is 6.26 Å². The molecule has 1 aromatic rings. The first-order valence-electron chi connectivity index (χ1n) is 6.62. The van der Waals surface area contributed by atoms with Crippen LogP contribution in [0.3, 0.4) is 0 Å². The van der Waals surface area contributed by atoms with Crippen LogP contribution in [0.5, 0.6) is 0 Å². The van der Waals surface area contributed by atoms with E-state index in [4.69, 9.17) is 0 Å². The molecule has 0 fully saturated rings. The number of rotatable bonds is 5. The molecule has 19 heavy (non-hydrogen) atoms. The maximum absolute atomic E-state index is 12.1. The van der Waals surface area contributed by atoms with Crippen molar-refractivity contribution in [1.29, 1.82) is 0 Å². The number of carbonyl (C=O) groups is 1.